The predicted octanol–water partition coefficient (Wildman–Crippen LogP) is 3.40. The molecule has 0 bridgehead atoms. The van der Waals surface area contributed by atoms with E-state index in [0.29, 0.717) is 22.2 Å². The molecule has 0 saturated heterocycles. The van der Waals surface area contributed by atoms with Crippen molar-refractivity contribution in [1.29, 1.82) is 0 Å². The lowest BCUT2D eigenvalue weighted by Gasteiger charge is -2.28. The maximum atomic E-state index is 13.8. The van der Waals surface area contributed by atoms with Gasteiger partial charge >= 0.3 is 0 Å². The Kier molecular flexibility index (Phi) is 3.54. The van der Waals surface area contributed by atoms with Crippen LogP contribution in [0.5, 0.6) is 0 Å². The van der Waals surface area contributed by atoms with Crippen LogP contribution in [0.3, 0.4) is 0 Å². The number of benzene rings is 1. The minimum absolute atomic E-state index is 0.209. The molecule has 1 aliphatic rings. The first kappa shape index (κ1) is 12.6. The lowest BCUT2D eigenvalue weighted by atomic mass is 10.0. The Hall–Kier alpha value is -0.870. The topological polar surface area (TPSA) is 20.3 Å². The van der Waals surface area contributed by atoms with Gasteiger partial charge in [-0.1, -0.05) is 12.1 Å². The normalized spacial score (nSPS) is 20.5. The molecule has 1 aromatic carbocycles. The highest BCUT2D eigenvalue weighted by atomic mass is 79.9. The molecule has 90 valence electrons. The monoisotopic (exact) mass is 317 g/mol. The molecule has 1 amide bonds. The van der Waals surface area contributed by atoms with Gasteiger partial charge in [-0.3, -0.25) is 4.79 Å². The molecule has 0 radical (unpaired) electrons. The minimum Gasteiger partial charge on any atom is -0.314 e. The van der Waals surface area contributed by atoms with E-state index >= 15 is 0 Å². The van der Waals surface area contributed by atoms with Crippen LogP contribution < -0.4 is 0 Å². The fraction of sp³-hybridized carbons (Fsp3) is 0.250. The Bertz CT molecular complexity index is 483. The standard InChI is InChI=1S/C12H10BrClFNO/c1-16-10(6-5-8(14)12(16)17)11-7(13)3-2-4-9(11)15/h2-4,6,8H,5H2,1H3. The Labute approximate surface area is 112 Å². The zero-order chi connectivity index (χ0) is 12.6. The molecule has 1 heterocycles. The van der Waals surface area contributed by atoms with Crippen molar-refractivity contribution in [3.63, 3.8) is 0 Å². The van der Waals surface area contributed by atoms with Crippen molar-refractivity contribution in [3.05, 3.63) is 40.1 Å². The van der Waals surface area contributed by atoms with Crippen molar-refractivity contribution in [2.75, 3.05) is 7.05 Å². The van der Waals surface area contributed by atoms with E-state index in [2.05, 4.69) is 15.9 Å². The molecule has 1 aliphatic heterocycles. The Morgan fingerprint density at radius 1 is 1.53 bits per heavy atom. The van der Waals surface area contributed by atoms with Crippen molar-refractivity contribution >= 4 is 39.1 Å². The lowest BCUT2D eigenvalue weighted by Crippen LogP contribution is -2.35. The Balaban J connectivity index is 2.51. The number of nitrogens with zero attached hydrogens (tertiary/aromatic N) is 1. The first-order valence-electron chi connectivity index (χ1n) is 5.08. The molecule has 0 spiro atoms. The highest BCUT2D eigenvalue weighted by Gasteiger charge is 2.28. The number of hydrogen-bond donors (Lipinski definition) is 0. The zero-order valence-corrected chi connectivity index (χ0v) is 11.4. The highest BCUT2D eigenvalue weighted by Crippen LogP contribution is 2.32. The second-order valence-corrected chi connectivity index (χ2v) is 5.17. The Morgan fingerprint density at radius 3 is 2.88 bits per heavy atom. The number of carbonyl (C=O) groups is 1. The van der Waals surface area contributed by atoms with E-state index in [4.69, 9.17) is 11.6 Å². The summed E-state index contributed by atoms with van der Waals surface area (Å²) in [6, 6.07) is 4.72. The smallest absolute Gasteiger partial charge is 0.245 e. The van der Waals surface area contributed by atoms with Crippen LogP contribution in [0, 0.1) is 5.82 Å². The van der Waals surface area contributed by atoms with Crippen molar-refractivity contribution < 1.29 is 9.18 Å². The maximum Gasteiger partial charge on any atom is 0.245 e. The number of alkyl halides is 1. The van der Waals surface area contributed by atoms with Gasteiger partial charge in [0, 0.05) is 17.1 Å². The molecule has 1 atom stereocenters. The average Bonchev–Trinajstić information content (AvgIpc) is 2.29. The van der Waals surface area contributed by atoms with Crippen LogP contribution in [-0.2, 0) is 4.79 Å². The molecule has 0 fully saturated rings. The Morgan fingerprint density at radius 2 is 2.24 bits per heavy atom. The van der Waals surface area contributed by atoms with Gasteiger partial charge in [0.15, 0.2) is 0 Å². The van der Waals surface area contributed by atoms with Crippen LogP contribution in [-0.4, -0.2) is 23.2 Å². The maximum absolute atomic E-state index is 13.8. The summed E-state index contributed by atoms with van der Waals surface area (Å²) in [5.41, 5.74) is 0.948. The molecule has 2 rings (SSSR count). The van der Waals surface area contributed by atoms with Crippen LogP contribution in [0.4, 0.5) is 4.39 Å². The van der Waals surface area contributed by atoms with E-state index < -0.39 is 5.38 Å². The van der Waals surface area contributed by atoms with Crippen molar-refractivity contribution in [1.82, 2.24) is 4.90 Å². The van der Waals surface area contributed by atoms with Crippen molar-refractivity contribution in [3.8, 4) is 0 Å². The van der Waals surface area contributed by atoms with Crippen LogP contribution in [0.1, 0.15) is 12.0 Å². The molecule has 0 aromatic heterocycles. The number of carbonyl (C=O) groups excluding carboxylic acids is 1. The van der Waals surface area contributed by atoms with E-state index in [1.807, 2.05) is 0 Å². The highest BCUT2D eigenvalue weighted by molar-refractivity contribution is 9.10. The van der Waals surface area contributed by atoms with Gasteiger partial charge in [-0.05, 0) is 34.5 Å². The van der Waals surface area contributed by atoms with Crippen LogP contribution in [0.2, 0.25) is 0 Å². The van der Waals surface area contributed by atoms with Gasteiger partial charge in [0.05, 0.1) is 5.70 Å². The predicted molar refractivity (Wildman–Crippen MR) is 69.1 cm³/mol. The molecule has 1 unspecified atom stereocenters. The molecule has 0 saturated carbocycles. The molecule has 2 nitrogen and oxygen atoms in total. The third-order valence-electron chi connectivity index (χ3n) is 2.70. The summed E-state index contributed by atoms with van der Waals surface area (Å²) >= 11 is 9.15. The minimum atomic E-state index is -0.561. The van der Waals surface area contributed by atoms with Gasteiger partial charge in [-0.15, -0.1) is 11.6 Å². The second kappa shape index (κ2) is 4.78. The summed E-state index contributed by atoms with van der Waals surface area (Å²) in [7, 11) is 1.60. The molecule has 1 aromatic rings. The summed E-state index contributed by atoms with van der Waals surface area (Å²) in [6.07, 6.45) is 2.20. The summed E-state index contributed by atoms with van der Waals surface area (Å²) < 4.78 is 14.4. The van der Waals surface area contributed by atoms with Crippen molar-refractivity contribution in [2.45, 2.75) is 11.8 Å². The van der Waals surface area contributed by atoms with E-state index in [1.165, 1.54) is 11.0 Å². The van der Waals surface area contributed by atoms with Gasteiger partial charge in [-0.25, -0.2) is 4.39 Å². The van der Waals surface area contributed by atoms with Gasteiger partial charge in [0.1, 0.15) is 11.2 Å². The van der Waals surface area contributed by atoms with E-state index in [-0.39, 0.29) is 11.7 Å². The van der Waals surface area contributed by atoms with Crippen LogP contribution in [0.15, 0.2) is 28.7 Å². The summed E-state index contributed by atoms with van der Waals surface area (Å²) in [6.45, 7) is 0. The number of allylic oxidation sites excluding steroid dienone is 1. The molecular formula is C12H10BrClFNO. The quantitative estimate of drug-likeness (QED) is 0.727. The number of amides is 1. The molecule has 17 heavy (non-hydrogen) atoms. The number of hydrogen-bond acceptors (Lipinski definition) is 1. The SMILES string of the molecule is CN1C(=O)C(Cl)CC=C1c1c(F)cccc1Br. The fourth-order valence-electron chi connectivity index (χ4n) is 1.79. The zero-order valence-electron chi connectivity index (χ0n) is 9.08. The first-order valence-corrected chi connectivity index (χ1v) is 6.31. The fourth-order valence-corrected chi connectivity index (χ4v) is 2.57. The van der Waals surface area contributed by atoms with Crippen LogP contribution >= 0.6 is 27.5 Å². The summed E-state index contributed by atoms with van der Waals surface area (Å²) in [4.78, 5) is 13.1. The van der Waals surface area contributed by atoms with E-state index in [9.17, 15) is 9.18 Å². The lowest BCUT2D eigenvalue weighted by molar-refractivity contribution is -0.126. The summed E-state index contributed by atoms with van der Waals surface area (Å²) in [5.74, 6) is -0.572. The van der Waals surface area contributed by atoms with Gasteiger partial charge in [-0.2, -0.15) is 0 Å². The summed E-state index contributed by atoms with van der Waals surface area (Å²) in [5, 5.41) is -0.561. The number of rotatable bonds is 1. The molecule has 0 aliphatic carbocycles. The molecule has 5 heteroatoms. The van der Waals surface area contributed by atoms with Crippen LogP contribution in [0.25, 0.3) is 5.70 Å². The van der Waals surface area contributed by atoms with Crippen molar-refractivity contribution in [2.24, 2.45) is 0 Å². The van der Waals surface area contributed by atoms with Gasteiger partial charge in [0.2, 0.25) is 5.91 Å². The number of halogens is 3. The average molecular weight is 319 g/mol. The third kappa shape index (κ3) is 2.24. The van der Waals surface area contributed by atoms with Gasteiger partial charge < -0.3 is 4.90 Å². The third-order valence-corrected chi connectivity index (χ3v) is 3.72. The second-order valence-electron chi connectivity index (χ2n) is 3.79. The van der Waals surface area contributed by atoms with E-state index in [1.54, 1.807) is 25.3 Å². The van der Waals surface area contributed by atoms with E-state index in [0.717, 1.165) is 0 Å². The largest absolute Gasteiger partial charge is 0.314 e. The first-order chi connectivity index (χ1) is 8.02. The molecule has 0 N–H and O–H groups in total. The van der Waals surface area contributed by atoms with Gasteiger partial charge in [0.25, 0.3) is 0 Å². The molecular weight excluding hydrogens is 308 g/mol.